The monoisotopic (exact) mass is 319 g/mol. The van der Waals surface area contributed by atoms with E-state index in [0.29, 0.717) is 12.6 Å². The second kappa shape index (κ2) is 6.18. The minimum absolute atomic E-state index is 0.136. The summed E-state index contributed by atoms with van der Waals surface area (Å²) in [6.07, 6.45) is 1.01. The van der Waals surface area contributed by atoms with Crippen molar-refractivity contribution in [3.8, 4) is 0 Å². The summed E-state index contributed by atoms with van der Waals surface area (Å²) in [4.78, 5) is 14.9. The predicted molar refractivity (Wildman–Crippen MR) is 86.9 cm³/mol. The zero-order chi connectivity index (χ0) is 15.7. The Morgan fingerprint density at radius 1 is 1.45 bits per heavy atom. The molecular formula is C17H20FN2OS+. The number of hydrogen-bond donors (Lipinski definition) is 2. The number of halogens is 1. The highest BCUT2D eigenvalue weighted by atomic mass is 32.1. The molecule has 2 atom stereocenters. The largest absolute Gasteiger partial charge is 0.321 e. The van der Waals surface area contributed by atoms with Crippen LogP contribution in [0.25, 0.3) is 0 Å². The van der Waals surface area contributed by atoms with Gasteiger partial charge >= 0.3 is 0 Å². The first-order valence-electron chi connectivity index (χ1n) is 7.51. The molecule has 0 saturated carbocycles. The number of benzene rings is 1. The topological polar surface area (TPSA) is 33.5 Å². The van der Waals surface area contributed by atoms with Crippen LogP contribution in [-0.2, 0) is 11.2 Å². The van der Waals surface area contributed by atoms with Crippen LogP contribution < -0.4 is 10.2 Å². The van der Waals surface area contributed by atoms with Crippen molar-refractivity contribution < 1.29 is 14.1 Å². The molecular weight excluding hydrogens is 299 g/mol. The summed E-state index contributed by atoms with van der Waals surface area (Å²) in [6.45, 7) is 5.29. The van der Waals surface area contributed by atoms with E-state index in [1.807, 2.05) is 6.92 Å². The van der Waals surface area contributed by atoms with Gasteiger partial charge in [0.15, 0.2) is 6.54 Å². The molecule has 116 valence electrons. The van der Waals surface area contributed by atoms with Gasteiger partial charge in [-0.15, -0.1) is 11.3 Å². The van der Waals surface area contributed by atoms with E-state index < -0.39 is 0 Å². The van der Waals surface area contributed by atoms with Crippen molar-refractivity contribution in [1.82, 2.24) is 0 Å². The SMILES string of the molecule is Cc1ccc(NC(=O)C[NH+]2CCc3sccc3[C@H]2C)c(F)c1. The third-order valence-corrected chi connectivity index (χ3v) is 5.31. The zero-order valence-electron chi connectivity index (χ0n) is 12.8. The second-order valence-corrected chi connectivity index (χ2v) is 6.89. The van der Waals surface area contributed by atoms with Crippen LogP contribution >= 0.6 is 11.3 Å². The number of thiophene rings is 1. The molecule has 1 aromatic heterocycles. The normalized spacial score (nSPS) is 20.5. The summed E-state index contributed by atoms with van der Waals surface area (Å²) in [5.41, 5.74) is 2.45. The second-order valence-electron chi connectivity index (χ2n) is 5.89. The Morgan fingerprint density at radius 3 is 3.05 bits per heavy atom. The van der Waals surface area contributed by atoms with Crippen LogP contribution in [-0.4, -0.2) is 19.0 Å². The van der Waals surface area contributed by atoms with Gasteiger partial charge in [-0.25, -0.2) is 4.39 Å². The van der Waals surface area contributed by atoms with Crippen molar-refractivity contribution in [2.75, 3.05) is 18.4 Å². The molecule has 3 nitrogen and oxygen atoms in total. The summed E-state index contributed by atoms with van der Waals surface area (Å²) in [6, 6.07) is 7.32. The van der Waals surface area contributed by atoms with E-state index in [1.165, 1.54) is 21.4 Å². The molecule has 2 heterocycles. The van der Waals surface area contributed by atoms with Gasteiger partial charge in [0.05, 0.1) is 12.2 Å². The average molecular weight is 319 g/mol. The molecule has 1 aromatic carbocycles. The van der Waals surface area contributed by atoms with Crippen molar-refractivity contribution in [3.63, 3.8) is 0 Å². The smallest absolute Gasteiger partial charge is 0.279 e. The van der Waals surface area contributed by atoms with Crippen LogP contribution in [0.3, 0.4) is 0 Å². The van der Waals surface area contributed by atoms with Crippen LogP contribution in [0.2, 0.25) is 0 Å². The van der Waals surface area contributed by atoms with Gasteiger partial charge in [-0.2, -0.15) is 0 Å². The van der Waals surface area contributed by atoms with Crippen molar-refractivity contribution in [3.05, 3.63) is 51.5 Å². The van der Waals surface area contributed by atoms with Crippen molar-refractivity contribution >= 4 is 22.9 Å². The van der Waals surface area contributed by atoms with Crippen LogP contribution in [0.4, 0.5) is 10.1 Å². The van der Waals surface area contributed by atoms with E-state index in [1.54, 1.807) is 23.5 Å². The summed E-state index contributed by atoms with van der Waals surface area (Å²) in [7, 11) is 0. The molecule has 5 heteroatoms. The Labute approximate surface area is 133 Å². The highest BCUT2D eigenvalue weighted by molar-refractivity contribution is 7.10. The van der Waals surface area contributed by atoms with Gasteiger partial charge in [0.2, 0.25) is 0 Å². The van der Waals surface area contributed by atoms with E-state index in [4.69, 9.17) is 0 Å². The molecule has 2 aromatic rings. The molecule has 1 unspecified atom stereocenters. The molecule has 0 radical (unpaired) electrons. The Balaban J connectivity index is 1.65. The lowest BCUT2D eigenvalue weighted by molar-refractivity contribution is -0.923. The first-order chi connectivity index (χ1) is 10.5. The Bertz CT molecular complexity index is 698. The highest BCUT2D eigenvalue weighted by Crippen LogP contribution is 2.24. The van der Waals surface area contributed by atoms with Crippen LogP contribution in [0.1, 0.15) is 29.0 Å². The van der Waals surface area contributed by atoms with Gasteiger partial charge in [-0.3, -0.25) is 4.79 Å². The van der Waals surface area contributed by atoms with Crippen molar-refractivity contribution in [2.24, 2.45) is 0 Å². The van der Waals surface area contributed by atoms with Gasteiger partial charge in [0, 0.05) is 16.9 Å². The number of amides is 1. The number of quaternary nitrogens is 1. The van der Waals surface area contributed by atoms with E-state index >= 15 is 0 Å². The number of aryl methyl sites for hydroxylation is 1. The minimum Gasteiger partial charge on any atom is -0.321 e. The average Bonchev–Trinajstić information content (AvgIpc) is 2.94. The molecule has 0 saturated heterocycles. The van der Waals surface area contributed by atoms with Crippen molar-refractivity contribution in [2.45, 2.75) is 26.3 Å². The molecule has 0 bridgehead atoms. The van der Waals surface area contributed by atoms with Crippen molar-refractivity contribution in [1.29, 1.82) is 0 Å². The molecule has 0 fully saturated rings. The maximum atomic E-state index is 13.8. The predicted octanol–water partition coefficient (Wildman–Crippen LogP) is 2.34. The summed E-state index contributed by atoms with van der Waals surface area (Å²) >= 11 is 1.79. The maximum Gasteiger partial charge on any atom is 0.279 e. The lowest BCUT2D eigenvalue weighted by Gasteiger charge is -2.29. The number of anilines is 1. The quantitative estimate of drug-likeness (QED) is 0.894. The molecule has 22 heavy (non-hydrogen) atoms. The van der Waals surface area contributed by atoms with Crippen LogP contribution in [0, 0.1) is 12.7 Å². The molecule has 0 spiro atoms. The summed E-state index contributed by atoms with van der Waals surface area (Å²) in [5.74, 6) is -0.515. The Kier molecular flexibility index (Phi) is 4.27. The summed E-state index contributed by atoms with van der Waals surface area (Å²) in [5, 5.41) is 4.81. The van der Waals surface area contributed by atoms with Gasteiger partial charge in [0.1, 0.15) is 11.9 Å². The standard InChI is InChI=1S/C17H19FN2OS/c1-11-3-4-15(14(18)9-11)19-17(21)10-20-7-5-16-13(12(20)2)6-8-22-16/h3-4,6,8-9,12H,5,7,10H2,1-2H3,(H,19,21)/p+1/t12-/m1/s1. The molecule has 2 N–H and O–H groups in total. The van der Waals surface area contributed by atoms with E-state index in [2.05, 4.69) is 23.7 Å². The molecule has 1 aliphatic heterocycles. The molecule has 3 rings (SSSR count). The fraction of sp³-hybridized carbons (Fsp3) is 0.353. The highest BCUT2D eigenvalue weighted by Gasteiger charge is 2.29. The first kappa shape index (κ1) is 15.2. The number of nitrogens with one attached hydrogen (secondary N) is 2. The fourth-order valence-electron chi connectivity index (χ4n) is 3.01. The number of fused-ring (bicyclic) bond motifs is 1. The molecule has 0 aliphatic carbocycles. The van der Waals surface area contributed by atoms with E-state index in [0.717, 1.165) is 18.5 Å². The summed E-state index contributed by atoms with van der Waals surface area (Å²) < 4.78 is 13.8. The fourth-order valence-corrected chi connectivity index (χ4v) is 3.99. The van der Waals surface area contributed by atoms with E-state index in [9.17, 15) is 9.18 Å². The zero-order valence-corrected chi connectivity index (χ0v) is 13.6. The number of carbonyl (C=O) groups excluding carboxylic acids is 1. The molecule has 1 aliphatic rings. The lowest BCUT2D eigenvalue weighted by atomic mass is 10.0. The van der Waals surface area contributed by atoms with Crippen LogP contribution in [0.5, 0.6) is 0 Å². The number of hydrogen-bond acceptors (Lipinski definition) is 2. The number of rotatable bonds is 3. The minimum atomic E-state index is -0.379. The Morgan fingerprint density at radius 2 is 2.27 bits per heavy atom. The van der Waals surface area contributed by atoms with Crippen LogP contribution in [0.15, 0.2) is 29.6 Å². The van der Waals surface area contributed by atoms with E-state index in [-0.39, 0.29) is 17.4 Å². The third kappa shape index (κ3) is 3.05. The molecule has 1 amide bonds. The van der Waals surface area contributed by atoms with Gasteiger partial charge < -0.3 is 10.2 Å². The first-order valence-corrected chi connectivity index (χ1v) is 8.39. The van der Waals surface area contributed by atoms with Gasteiger partial charge in [-0.05, 0) is 43.0 Å². The lowest BCUT2D eigenvalue weighted by Crippen LogP contribution is -3.14. The van der Waals surface area contributed by atoms with Gasteiger partial charge in [0.25, 0.3) is 5.91 Å². The van der Waals surface area contributed by atoms with Gasteiger partial charge in [-0.1, -0.05) is 6.07 Å². The number of carbonyl (C=O) groups is 1. The Hall–Kier alpha value is -1.72. The third-order valence-electron chi connectivity index (χ3n) is 4.32. The maximum absolute atomic E-state index is 13.8.